The van der Waals surface area contributed by atoms with Crippen LogP contribution in [-0.4, -0.2) is 60.0 Å². The highest BCUT2D eigenvalue weighted by atomic mass is 16.2. The molecule has 0 radical (unpaired) electrons. The van der Waals surface area contributed by atoms with Crippen LogP contribution in [0.25, 0.3) is 0 Å². The molecule has 0 bridgehead atoms. The number of hydrogen-bond acceptors (Lipinski definition) is 4. The Labute approximate surface area is 127 Å². The number of hydrogen-bond donors (Lipinski definition) is 1. The number of amides is 1. The van der Waals surface area contributed by atoms with Gasteiger partial charge in [-0.2, -0.15) is 0 Å². The number of carbonyl (C=O) groups is 1. The minimum Gasteiger partial charge on any atom is -0.355 e. The van der Waals surface area contributed by atoms with Crippen LogP contribution >= 0.6 is 0 Å². The summed E-state index contributed by atoms with van der Waals surface area (Å²) in [5, 5.41) is 2.98. The van der Waals surface area contributed by atoms with Gasteiger partial charge in [0.1, 0.15) is 0 Å². The Hall–Kier alpha value is -1.46. The molecule has 2 heterocycles. The molecule has 5 nitrogen and oxygen atoms in total. The fraction of sp³-hybridized carbons (Fsp3) is 0.625. The van der Waals surface area contributed by atoms with E-state index in [0.29, 0.717) is 6.54 Å². The topological polar surface area (TPSA) is 48.5 Å². The van der Waals surface area contributed by atoms with Crippen LogP contribution in [0.2, 0.25) is 0 Å². The minimum atomic E-state index is 0.154. The van der Waals surface area contributed by atoms with Crippen LogP contribution in [0.15, 0.2) is 24.4 Å². The smallest absolute Gasteiger partial charge is 0.234 e. The van der Waals surface area contributed by atoms with E-state index in [2.05, 4.69) is 33.1 Å². The van der Waals surface area contributed by atoms with Gasteiger partial charge < -0.3 is 5.32 Å². The first-order chi connectivity index (χ1) is 10.3. The van der Waals surface area contributed by atoms with E-state index in [4.69, 9.17) is 0 Å². The first-order valence-corrected chi connectivity index (χ1v) is 7.89. The van der Waals surface area contributed by atoms with Gasteiger partial charge in [-0.25, -0.2) is 0 Å². The van der Waals surface area contributed by atoms with Crippen LogP contribution in [-0.2, 0) is 11.3 Å². The van der Waals surface area contributed by atoms with E-state index in [9.17, 15) is 4.79 Å². The number of nitrogens with one attached hydrogen (secondary N) is 1. The maximum absolute atomic E-state index is 11.8. The van der Waals surface area contributed by atoms with Crippen molar-refractivity contribution in [1.29, 1.82) is 0 Å². The molecule has 116 valence electrons. The summed E-state index contributed by atoms with van der Waals surface area (Å²) in [5.74, 6) is 0.154. The summed E-state index contributed by atoms with van der Waals surface area (Å²) < 4.78 is 0. The summed E-state index contributed by atoms with van der Waals surface area (Å²) >= 11 is 0. The van der Waals surface area contributed by atoms with Gasteiger partial charge in [0.2, 0.25) is 5.91 Å². The van der Waals surface area contributed by atoms with Crippen molar-refractivity contribution in [3.63, 3.8) is 0 Å². The second-order valence-electron chi connectivity index (χ2n) is 5.58. The lowest BCUT2D eigenvalue weighted by Crippen LogP contribution is -2.49. The predicted molar refractivity (Wildman–Crippen MR) is 83.9 cm³/mol. The molecule has 0 spiro atoms. The normalized spacial score (nSPS) is 16.8. The summed E-state index contributed by atoms with van der Waals surface area (Å²) in [6, 6.07) is 6.03. The zero-order valence-corrected chi connectivity index (χ0v) is 12.9. The number of nitrogens with zero attached hydrogens (tertiary/aromatic N) is 3. The van der Waals surface area contributed by atoms with Gasteiger partial charge in [0, 0.05) is 45.5 Å². The first-order valence-electron chi connectivity index (χ1n) is 7.89. The monoisotopic (exact) mass is 290 g/mol. The second-order valence-corrected chi connectivity index (χ2v) is 5.58. The average molecular weight is 290 g/mol. The molecule has 1 saturated heterocycles. The van der Waals surface area contributed by atoms with Crippen molar-refractivity contribution in [3.05, 3.63) is 30.1 Å². The van der Waals surface area contributed by atoms with Gasteiger partial charge in [-0.05, 0) is 18.6 Å². The Bertz CT molecular complexity index is 416. The van der Waals surface area contributed by atoms with E-state index in [0.717, 1.165) is 57.8 Å². The van der Waals surface area contributed by atoms with Crippen molar-refractivity contribution in [2.45, 2.75) is 26.3 Å². The Morgan fingerprint density at radius 3 is 2.67 bits per heavy atom. The molecule has 1 aliphatic rings. The fourth-order valence-corrected chi connectivity index (χ4v) is 2.49. The number of unbranched alkanes of at least 4 members (excludes halogenated alkanes) is 1. The number of pyridine rings is 1. The van der Waals surface area contributed by atoms with E-state index in [1.807, 2.05) is 18.3 Å². The van der Waals surface area contributed by atoms with Crippen LogP contribution in [0.1, 0.15) is 25.5 Å². The van der Waals surface area contributed by atoms with Gasteiger partial charge >= 0.3 is 0 Å². The summed E-state index contributed by atoms with van der Waals surface area (Å²) in [6.07, 6.45) is 4.02. The average Bonchev–Trinajstić information content (AvgIpc) is 2.51. The molecule has 1 aromatic rings. The van der Waals surface area contributed by atoms with Gasteiger partial charge in [-0.3, -0.25) is 19.6 Å². The molecule has 0 aliphatic carbocycles. The maximum atomic E-state index is 11.8. The highest BCUT2D eigenvalue weighted by Gasteiger charge is 2.18. The van der Waals surface area contributed by atoms with Crippen molar-refractivity contribution < 1.29 is 4.79 Å². The van der Waals surface area contributed by atoms with Crippen LogP contribution in [0, 0.1) is 0 Å². The maximum Gasteiger partial charge on any atom is 0.234 e. The van der Waals surface area contributed by atoms with Gasteiger partial charge in [0.15, 0.2) is 0 Å². The molecule has 21 heavy (non-hydrogen) atoms. The zero-order chi connectivity index (χ0) is 14.9. The van der Waals surface area contributed by atoms with Crippen molar-refractivity contribution in [2.24, 2.45) is 0 Å². The molecule has 0 aromatic carbocycles. The molecule has 0 saturated carbocycles. The molecule has 1 fully saturated rings. The van der Waals surface area contributed by atoms with E-state index in [1.165, 1.54) is 0 Å². The zero-order valence-electron chi connectivity index (χ0n) is 12.9. The lowest BCUT2D eigenvalue weighted by atomic mass is 10.2. The molecule has 0 atom stereocenters. The molecule has 0 unspecified atom stereocenters. The minimum absolute atomic E-state index is 0.154. The summed E-state index contributed by atoms with van der Waals surface area (Å²) in [4.78, 5) is 20.8. The molecular weight excluding hydrogens is 264 g/mol. The molecule has 1 amide bonds. The lowest BCUT2D eigenvalue weighted by molar-refractivity contribution is -0.122. The third-order valence-corrected chi connectivity index (χ3v) is 3.80. The molecule has 1 aromatic heterocycles. The third kappa shape index (κ3) is 5.81. The summed E-state index contributed by atoms with van der Waals surface area (Å²) in [7, 11) is 0. The van der Waals surface area contributed by atoms with Crippen molar-refractivity contribution >= 4 is 5.91 Å². The number of rotatable bonds is 7. The van der Waals surface area contributed by atoms with Crippen LogP contribution in [0.3, 0.4) is 0 Å². The Morgan fingerprint density at radius 2 is 2.00 bits per heavy atom. The summed E-state index contributed by atoms with van der Waals surface area (Å²) in [5.41, 5.74) is 1.11. The number of carbonyl (C=O) groups excluding carboxylic acids is 1. The van der Waals surface area contributed by atoms with Crippen LogP contribution in [0.5, 0.6) is 0 Å². The SMILES string of the molecule is CCCCNC(=O)CN1CCN(Cc2ccccn2)CC1. The number of piperazine rings is 1. The quantitative estimate of drug-likeness (QED) is 0.765. The first kappa shape index (κ1) is 15.9. The van der Waals surface area contributed by atoms with Gasteiger partial charge in [-0.1, -0.05) is 19.4 Å². The Kier molecular flexibility index (Phi) is 6.63. The van der Waals surface area contributed by atoms with Gasteiger partial charge in [0.25, 0.3) is 0 Å². The van der Waals surface area contributed by atoms with E-state index in [-0.39, 0.29) is 5.91 Å². The number of aromatic nitrogens is 1. The Balaban J connectivity index is 1.65. The van der Waals surface area contributed by atoms with Crippen molar-refractivity contribution in [1.82, 2.24) is 20.1 Å². The van der Waals surface area contributed by atoms with E-state index >= 15 is 0 Å². The van der Waals surface area contributed by atoms with E-state index in [1.54, 1.807) is 0 Å². The lowest BCUT2D eigenvalue weighted by Gasteiger charge is -2.34. The molecule has 2 rings (SSSR count). The third-order valence-electron chi connectivity index (χ3n) is 3.80. The van der Waals surface area contributed by atoms with E-state index < -0.39 is 0 Å². The molecule has 1 aliphatic heterocycles. The highest BCUT2D eigenvalue weighted by molar-refractivity contribution is 5.77. The highest BCUT2D eigenvalue weighted by Crippen LogP contribution is 2.06. The predicted octanol–water partition coefficient (Wildman–Crippen LogP) is 1.12. The molecular formula is C16H26N4O. The van der Waals surface area contributed by atoms with Crippen LogP contribution in [0.4, 0.5) is 0 Å². The Morgan fingerprint density at radius 1 is 1.24 bits per heavy atom. The standard InChI is InChI=1S/C16H26N4O/c1-2-3-7-18-16(21)14-20-11-9-19(10-12-20)13-15-6-4-5-8-17-15/h4-6,8H,2-3,7,9-14H2,1H3,(H,18,21). The van der Waals surface area contributed by atoms with Gasteiger partial charge in [-0.15, -0.1) is 0 Å². The molecule has 5 heteroatoms. The largest absolute Gasteiger partial charge is 0.355 e. The second kappa shape index (κ2) is 8.74. The summed E-state index contributed by atoms with van der Waals surface area (Å²) in [6.45, 7) is 8.26. The van der Waals surface area contributed by atoms with Crippen molar-refractivity contribution in [2.75, 3.05) is 39.3 Å². The van der Waals surface area contributed by atoms with Gasteiger partial charge in [0.05, 0.1) is 12.2 Å². The van der Waals surface area contributed by atoms with Crippen LogP contribution < -0.4 is 5.32 Å². The van der Waals surface area contributed by atoms with Crippen molar-refractivity contribution in [3.8, 4) is 0 Å². The fourth-order valence-electron chi connectivity index (χ4n) is 2.49. The molecule has 1 N–H and O–H groups in total.